The van der Waals surface area contributed by atoms with Gasteiger partial charge in [-0.2, -0.15) is 0 Å². The third-order valence-corrected chi connectivity index (χ3v) is 3.44. The Hall–Kier alpha value is -2.06. The predicted octanol–water partition coefficient (Wildman–Crippen LogP) is 4.51. The Bertz CT molecular complexity index is 738. The van der Waals surface area contributed by atoms with Gasteiger partial charge in [0, 0.05) is 6.42 Å². The molecule has 0 fully saturated rings. The lowest BCUT2D eigenvalue weighted by molar-refractivity contribution is 0.0993. The molecule has 2 aromatic carbocycles. The minimum atomic E-state index is -0.0323. The maximum absolute atomic E-state index is 12.2. The molecule has 19 heavy (non-hydrogen) atoms. The maximum Gasteiger partial charge on any atom is 0.203 e. The van der Waals surface area contributed by atoms with Gasteiger partial charge in [0.2, 0.25) is 5.22 Å². The topological polar surface area (TPSA) is 30.2 Å². The molecule has 0 bridgehead atoms. The lowest BCUT2D eigenvalue weighted by atomic mass is 9.99. The number of fused-ring (bicyclic) bond motifs is 1. The van der Waals surface area contributed by atoms with E-state index in [0.29, 0.717) is 12.0 Å². The molecule has 0 spiro atoms. The number of hydrogen-bond acceptors (Lipinski definition) is 2. The van der Waals surface area contributed by atoms with E-state index >= 15 is 0 Å². The van der Waals surface area contributed by atoms with Gasteiger partial charge in [0.05, 0.1) is 11.8 Å². The van der Waals surface area contributed by atoms with Gasteiger partial charge in [-0.05, 0) is 34.0 Å². The van der Waals surface area contributed by atoms with Crippen LogP contribution >= 0.6 is 11.6 Å². The zero-order chi connectivity index (χ0) is 13.2. The van der Waals surface area contributed by atoms with Crippen molar-refractivity contribution in [2.45, 2.75) is 6.42 Å². The van der Waals surface area contributed by atoms with Gasteiger partial charge in [-0.25, -0.2) is 0 Å². The largest absolute Gasteiger partial charge is 0.452 e. The third kappa shape index (κ3) is 2.27. The van der Waals surface area contributed by atoms with E-state index in [-0.39, 0.29) is 11.0 Å². The van der Waals surface area contributed by atoms with Gasteiger partial charge in [0.25, 0.3) is 0 Å². The number of rotatable bonds is 3. The number of Topliss-reactive ketones (excluding diaryl/α,β-unsaturated/α-hetero) is 1. The Morgan fingerprint density at radius 2 is 1.84 bits per heavy atom. The summed E-state index contributed by atoms with van der Waals surface area (Å²) in [5, 5.41) is 2.38. The third-order valence-electron chi connectivity index (χ3n) is 3.15. The van der Waals surface area contributed by atoms with E-state index in [1.807, 2.05) is 42.5 Å². The maximum atomic E-state index is 12.2. The summed E-state index contributed by atoms with van der Waals surface area (Å²) in [6.07, 6.45) is 1.75. The number of carbonyl (C=O) groups excluding carboxylic acids is 1. The van der Waals surface area contributed by atoms with Gasteiger partial charge in [0.1, 0.15) is 0 Å². The van der Waals surface area contributed by atoms with Crippen LogP contribution in [-0.4, -0.2) is 5.78 Å². The van der Waals surface area contributed by atoms with Gasteiger partial charge < -0.3 is 4.42 Å². The zero-order valence-electron chi connectivity index (χ0n) is 10.1. The fraction of sp³-hybridized carbons (Fsp3) is 0.0625. The van der Waals surface area contributed by atoms with Gasteiger partial charge >= 0.3 is 0 Å². The molecular formula is C16H11ClO2. The first-order valence-corrected chi connectivity index (χ1v) is 6.36. The molecule has 3 aromatic rings. The molecule has 2 nitrogen and oxygen atoms in total. The lowest BCUT2D eigenvalue weighted by Crippen LogP contribution is -2.03. The number of ketones is 1. The Morgan fingerprint density at radius 1 is 1.05 bits per heavy atom. The fourth-order valence-electron chi connectivity index (χ4n) is 2.21. The normalized spacial score (nSPS) is 10.8. The van der Waals surface area contributed by atoms with Crippen molar-refractivity contribution in [3.05, 3.63) is 71.1 Å². The molecule has 1 aromatic heterocycles. The van der Waals surface area contributed by atoms with Crippen molar-refractivity contribution in [1.29, 1.82) is 0 Å². The molecule has 0 amide bonds. The summed E-state index contributed by atoms with van der Waals surface area (Å²) >= 11 is 5.83. The molecule has 0 saturated heterocycles. The Balaban J connectivity index is 1.98. The monoisotopic (exact) mass is 270 g/mol. The van der Waals surface area contributed by atoms with E-state index in [1.54, 1.807) is 6.07 Å². The Labute approximate surface area is 115 Å². The van der Waals surface area contributed by atoms with Crippen LogP contribution in [0.15, 0.2) is 59.2 Å². The summed E-state index contributed by atoms with van der Waals surface area (Å²) in [5.41, 5.74) is 1.44. The zero-order valence-corrected chi connectivity index (χ0v) is 10.9. The summed E-state index contributed by atoms with van der Waals surface area (Å²) in [5.74, 6) is -0.0323. The molecule has 0 atom stereocenters. The van der Waals surface area contributed by atoms with Crippen molar-refractivity contribution in [3.63, 3.8) is 0 Å². The average molecular weight is 271 g/mol. The molecule has 0 aliphatic heterocycles. The predicted molar refractivity (Wildman–Crippen MR) is 75.7 cm³/mol. The van der Waals surface area contributed by atoms with Crippen LogP contribution in [0.25, 0.3) is 10.8 Å². The molecule has 3 heteroatoms. The van der Waals surface area contributed by atoms with Crippen molar-refractivity contribution in [2.24, 2.45) is 0 Å². The fourth-order valence-corrected chi connectivity index (χ4v) is 2.43. The van der Waals surface area contributed by atoms with Crippen LogP contribution in [0, 0.1) is 0 Å². The van der Waals surface area contributed by atoms with E-state index in [4.69, 9.17) is 16.0 Å². The smallest absolute Gasteiger partial charge is 0.203 e. The molecule has 3 rings (SSSR count). The highest BCUT2D eigenvalue weighted by atomic mass is 35.5. The van der Waals surface area contributed by atoms with Crippen molar-refractivity contribution < 1.29 is 9.21 Å². The molecule has 1 heterocycles. The van der Waals surface area contributed by atoms with Crippen LogP contribution in [0.2, 0.25) is 5.22 Å². The molecule has 0 aliphatic rings. The molecule has 0 aliphatic carbocycles. The van der Waals surface area contributed by atoms with Crippen LogP contribution in [0.3, 0.4) is 0 Å². The van der Waals surface area contributed by atoms with Gasteiger partial charge in [-0.1, -0.05) is 42.5 Å². The number of halogens is 1. The van der Waals surface area contributed by atoms with Crippen LogP contribution < -0.4 is 0 Å². The van der Waals surface area contributed by atoms with E-state index in [2.05, 4.69) is 0 Å². The average Bonchev–Trinajstić information content (AvgIpc) is 2.85. The van der Waals surface area contributed by atoms with Crippen molar-refractivity contribution in [3.8, 4) is 0 Å². The molecular weight excluding hydrogens is 260 g/mol. The highest BCUT2D eigenvalue weighted by molar-refractivity contribution is 6.32. The Morgan fingerprint density at radius 3 is 2.63 bits per heavy atom. The second kappa shape index (κ2) is 4.90. The number of furan rings is 1. The highest BCUT2D eigenvalue weighted by Crippen LogP contribution is 2.23. The molecule has 0 N–H and O–H groups in total. The van der Waals surface area contributed by atoms with E-state index in [9.17, 15) is 4.79 Å². The number of carbonyl (C=O) groups is 1. The molecule has 94 valence electrons. The molecule has 0 saturated carbocycles. The van der Waals surface area contributed by atoms with Crippen LogP contribution in [0.1, 0.15) is 15.9 Å². The molecule has 0 radical (unpaired) electrons. The SMILES string of the molecule is O=C(Cc1cccc2ccccc12)c1ccoc1Cl. The molecule has 0 unspecified atom stereocenters. The van der Waals surface area contributed by atoms with E-state index < -0.39 is 0 Å². The first-order chi connectivity index (χ1) is 9.25. The summed E-state index contributed by atoms with van der Waals surface area (Å²) < 4.78 is 4.96. The van der Waals surface area contributed by atoms with Crippen LogP contribution in [-0.2, 0) is 6.42 Å². The van der Waals surface area contributed by atoms with Gasteiger partial charge in [0.15, 0.2) is 5.78 Å². The quantitative estimate of drug-likeness (QED) is 0.656. The number of hydrogen-bond donors (Lipinski definition) is 0. The van der Waals surface area contributed by atoms with Gasteiger partial charge in [-0.3, -0.25) is 4.79 Å². The van der Waals surface area contributed by atoms with Crippen LogP contribution in [0.4, 0.5) is 0 Å². The summed E-state index contributed by atoms with van der Waals surface area (Å²) in [6, 6.07) is 15.6. The van der Waals surface area contributed by atoms with Gasteiger partial charge in [-0.15, -0.1) is 0 Å². The second-order valence-electron chi connectivity index (χ2n) is 4.35. The van der Waals surface area contributed by atoms with Crippen molar-refractivity contribution in [1.82, 2.24) is 0 Å². The first-order valence-electron chi connectivity index (χ1n) is 5.98. The minimum Gasteiger partial charge on any atom is -0.452 e. The van der Waals surface area contributed by atoms with E-state index in [0.717, 1.165) is 16.3 Å². The van der Waals surface area contributed by atoms with Crippen molar-refractivity contribution >= 4 is 28.2 Å². The highest BCUT2D eigenvalue weighted by Gasteiger charge is 2.14. The van der Waals surface area contributed by atoms with Crippen molar-refractivity contribution in [2.75, 3.05) is 0 Å². The summed E-state index contributed by atoms with van der Waals surface area (Å²) in [6.45, 7) is 0. The first kappa shape index (κ1) is 12.0. The van der Waals surface area contributed by atoms with Crippen LogP contribution in [0.5, 0.6) is 0 Å². The van der Waals surface area contributed by atoms with E-state index in [1.165, 1.54) is 6.26 Å². The Kier molecular flexibility index (Phi) is 3.10. The summed E-state index contributed by atoms with van der Waals surface area (Å²) in [7, 11) is 0. The summed E-state index contributed by atoms with van der Waals surface area (Å²) in [4.78, 5) is 12.2. The second-order valence-corrected chi connectivity index (χ2v) is 4.69. The lowest BCUT2D eigenvalue weighted by Gasteiger charge is -2.05. The number of benzene rings is 2. The minimum absolute atomic E-state index is 0.0323. The standard InChI is InChI=1S/C16H11ClO2/c17-16-14(8-9-19-16)15(18)10-12-6-3-5-11-4-1-2-7-13(11)12/h1-9H,10H2.